The SMILES string of the molecule is C1CC2C1C1C3CCC3C21.C1CC2C1C1C3CCC3C21. The van der Waals surface area contributed by atoms with Crippen LogP contribution in [0.4, 0.5) is 0 Å². The van der Waals surface area contributed by atoms with Crippen LogP contribution in [0.1, 0.15) is 51.4 Å². The second kappa shape index (κ2) is 3.18. The quantitative estimate of drug-likeness (QED) is 0.602. The van der Waals surface area contributed by atoms with Gasteiger partial charge in [-0.3, -0.25) is 0 Å². The van der Waals surface area contributed by atoms with Crippen molar-refractivity contribution in [3.05, 3.63) is 0 Å². The molecule has 0 nitrogen and oxygen atoms in total. The molecule has 0 heterocycles. The first-order valence-corrected chi connectivity index (χ1v) is 9.93. The van der Waals surface area contributed by atoms with Gasteiger partial charge in [0.1, 0.15) is 0 Å². The van der Waals surface area contributed by atoms with E-state index in [1.807, 2.05) is 0 Å². The van der Waals surface area contributed by atoms with Crippen LogP contribution in [0.5, 0.6) is 0 Å². The fourth-order valence-corrected chi connectivity index (χ4v) is 9.00. The largest absolute Gasteiger partial charge is 0.0496 e. The lowest BCUT2D eigenvalue weighted by Gasteiger charge is -2.77. The lowest BCUT2D eigenvalue weighted by atomic mass is 9.28. The predicted octanol–water partition coefficient (Wildman–Crippen LogP) is 4.60. The van der Waals surface area contributed by atoms with Crippen LogP contribution >= 0.6 is 0 Å². The van der Waals surface area contributed by atoms with E-state index in [2.05, 4.69) is 0 Å². The zero-order valence-electron chi connectivity index (χ0n) is 12.6. The molecule has 0 radical (unpaired) electrons. The summed E-state index contributed by atoms with van der Waals surface area (Å²) in [6.07, 6.45) is 12.8. The van der Waals surface area contributed by atoms with Gasteiger partial charge in [-0.15, -0.1) is 0 Å². The molecule has 0 N–H and O–H groups in total. The molecular formula is C20H28. The number of hydrogen-bond donors (Lipinski definition) is 0. The van der Waals surface area contributed by atoms with Gasteiger partial charge in [-0.2, -0.15) is 0 Å². The fourth-order valence-electron chi connectivity index (χ4n) is 9.00. The van der Waals surface area contributed by atoms with Crippen molar-refractivity contribution in [2.75, 3.05) is 0 Å². The summed E-state index contributed by atoms with van der Waals surface area (Å²) in [6, 6.07) is 0. The molecule has 108 valence electrons. The molecule has 0 aromatic heterocycles. The van der Waals surface area contributed by atoms with Crippen molar-refractivity contribution in [1.82, 2.24) is 0 Å². The summed E-state index contributed by atoms with van der Waals surface area (Å²) in [5.74, 6) is 15.2. The molecule has 0 aromatic carbocycles. The number of hydrogen-bond acceptors (Lipinski definition) is 0. The summed E-state index contributed by atoms with van der Waals surface area (Å²) in [6.45, 7) is 0. The van der Waals surface area contributed by atoms with Gasteiger partial charge in [0.15, 0.2) is 0 Å². The molecule has 8 rings (SSSR count). The average Bonchev–Trinajstić information content (AvgIpc) is 2.33. The summed E-state index contributed by atoms with van der Waals surface area (Å²) in [4.78, 5) is 0. The molecule has 8 fully saturated rings. The molecule has 8 saturated carbocycles. The van der Waals surface area contributed by atoms with Crippen LogP contribution < -0.4 is 0 Å². The van der Waals surface area contributed by atoms with Crippen molar-refractivity contribution in [2.24, 2.45) is 71.0 Å². The van der Waals surface area contributed by atoms with Crippen molar-refractivity contribution in [3.63, 3.8) is 0 Å². The molecule has 0 aromatic rings. The molecule has 8 atom stereocenters. The van der Waals surface area contributed by atoms with E-state index in [9.17, 15) is 0 Å². The van der Waals surface area contributed by atoms with E-state index in [0.717, 1.165) is 0 Å². The zero-order valence-corrected chi connectivity index (χ0v) is 12.6. The van der Waals surface area contributed by atoms with E-state index in [1.54, 1.807) is 51.4 Å². The Bertz CT molecular complexity index is 352. The molecule has 0 heteroatoms. The topological polar surface area (TPSA) is 0 Å². The third kappa shape index (κ3) is 0.901. The molecule has 8 unspecified atom stereocenters. The summed E-state index contributed by atoms with van der Waals surface area (Å²) < 4.78 is 0. The third-order valence-corrected chi connectivity index (χ3v) is 10.4. The highest BCUT2D eigenvalue weighted by atomic mass is 14.8. The molecule has 0 aliphatic heterocycles. The van der Waals surface area contributed by atoms with E-state index in [4.69, 9.17) is 0 Å². The molecule has 0 spiro atoms. The summed E-state index contributed by atoms with van der Waals surface area (Å²) in [7, 11) is 0. The van der Waals surface area contributed by atoms with Gasteiger partial charge in [-0.25, -0.2) is 0 Å². The van der Waals surface area contributed by atoms with Crippen LogP contribution in [0, 0.1) is 71.0 Å². The Morgan fingerprint density at radius 3 is 0.500 bits per heavy atom. The summed E-state index contributed by atoms with van der Waals surface area (Å²) >= 11 is 0. The van der Waals surface area contributed by atoms with Crippen LogP contribution in [0.2, 0.25) is 0 Å². The second-order valence-electron chi connectivity index (χ2n) is 9.93. The number of fused-ring (bicyclic) bond motifs is 14. The smallest absolute Gasteiger partial charge is 0.0318 e. The van der Waals surface area contributed by atoms with Crippen molar-refractivity contribution < 1.29 is 0 Å². The monoisotopic (exact) mass is 268 g/mol. The third-order valence-electron chi connectivity index (χ3n) is 10.4. The van der Waals surface area contributed by atoms with Gasteiger partial charge in [0.2, 0.25) is 0 Å². The maximum absolute atomic E-state index is 1.61. The van der Waals surface area contributed by atoms with Crippen LogP contribution in [0.25, 0.3) is 0 Å². The van der Waals surface area contributed by atoms with Gasteiger partial charge < -0.3 is 0 Å². The lowest BCUT2D eigenvalue weighted by molar-refractivity contribution is -0.286. The molecule has 0 saturated heterocycles. The van der Waals surface area contributed by atoms with Crippen molar-refractivity contribution in [3.8, 4) is 0 Å². The van der Waals surface area contributed by atoms with E-state index < -0.39 is 0 Å². The van der Waals surface area contributed by atoms with E-state index in [1.165, 1.54) is 71.0 Å². The fraction of sp³-hybridized carbons (Fsp3) is 1.00. The normalized spacial score (nSPS) is 74.4. The summed E-state index contributed by atoms with van der Waals surface area (Å²) in [5.41, 5.74) is 0. The van der Waals surface area contributed by atoms with Gasteiger partial charge in [0, 0.05) is 0 Å². The minimum atomic E-state index is 1.26. The highest BCUT2D eigenvalue weighted by Crippen LogP contribution is 2.77. The van der Waals surface area contributed by atoms with Gasteiger partial charge in [-0.1, -0.05) is 0 Å². The van der Waals surface area contributed by atoms with Crippen LogP contribution in [0.15, 0.2) is 0 Å². The minimum absolute atomic E-state index is 1.26. The Labute approximate surface area is 123 Å². The first kappa shape index (κ1) is 10.7. The molecular weight excluding hydrogens is 240 g/mol. The van der Waals surface area contributed by atoms with Gasteiger partial charge >= 0.3 is 0 Å². The van der Waals surface area contributed by atoms with Crippen LogP contribution in [-0.2, 0) is 0 Å². The Hall–Kier alpha value is 0. The lowest BCUT2D eigenvalue weighted by Crippen LogP contribution is -2.71. The second-order valence-corrected chi connectivity index (χ2v) is 9.93. The van der Waals surface area contributed by atoms with Gasteiger partial charge in [0.25, 0.3) is 0 Å². The van der Waals surface area contributed by atoms with Crippen molar-refractivity contribution in [1.29, 1.82) is 0 Å². The Balaban J connectivity index is 0.0000000845. The van der Waals surface area contributed by atoms with Gasteiger partial charge in [0.05, 0.1) is 0 Å². The molecule has 0 amide bonds. The Kier molecular flexibility index (Phi) is 1.70. The highest BCUT2D eigenvalue weighted by Gasteiger charge is 2.71. The van der Waals surface area contributed by atoms with Gasteiger partial charge in [-0.05, 0) is 122 Å². The highest BCUT2D eigenvalue weighted by molar-refractivity contribution is 5.19. The molecule has 0 bridgehead atoms. The van der Waals surface area contributed by atoms with Crippen molar-refractivity contribution >= 4 is 0 Å². The first-order valence-electron chi connectivity index (χ1n) is 9.93. The standard InChI is InChI=1S/2C10H14/c2*1-2-6-5(1)9-7-3-4-8(7)10(6)9/h2*5-10H,1-4H2. The molecule has 20 heavy (non-hydrogen) atoms. The van der Waals surface area contributed by atoms with E-state index >= 15 is 0 Å². The first-order chi connectivity index (χ1) is 9.93. The predicted molar refractivity (Wildman–Crippen MR) is 78.8 cm³/mol. The maximum Gasteiger partial charge on any atom is -0.0318 e. The van der Waals surface area contributed by atoms with E-state index in [0.29, 0.717) is 0 Å². The number of rotatable bonds is 0. The zero-order chi connectivity index (χ0) is 12.6. The van der Waals surface area contributed by atoms with Crippen molar-refractivity contribution in [2.45, 2.75) is 51.4 Å². The Morgan fingerprint density at radius 1 is 0.250 bits per heavy atom. The average molecular weight is 268 g/mol. The molecule has 8 aliphatic rings. The van der Waals surface area contributed by atoms with Crippen LogP contribution in [0.3, 0.4) is 0 Å². The summed E-state index contributed by atoms with van der Waals surface area (Å²) in [5, 5.41) is 0. The molecule has 8 aliphatic carbocycles. The minimum Gasteiger partial charge on any atom is -0.0496 e. The van der Waals surface area contributed by atoms with E-state index in [-0.39, 0.29) is 0 Å². The Morgan fingerprint density at radius 2 is 0.400 bits per heavy atom. The van der Waals surface area contributed by atoms with Crippen LogP contribution in [-0.4, -0.2) is 0 Å². The maximum atomic E-state index is 1.61.